The third-order valence-electron chi connectivity index (χ3n) is 3.67. The normalized spacial score (nSPS) is 17.6. The number of hydrogen-bond donors (Lipinski definition) is 1. The van der Waals surface area contributed by atoms with E-state index in [1.807, 2.05) is 19.1 Å². The lowest BCUT2D eigenvalue weighted by Gasteiger charge is -2.16. The number of rotatable bonds is 10. The molecule has 0 radical (unpaired) electrons. The Hall–Kier alpha value is -1.30. The topological polar surface area (TPSA) is 49.0 Å². The van der Waals surface area contributed by atoms with Gasteiger partial charge in [0, 0.05) is 31.9 Å². The van der Waals surface area contributed by atoms with Crippen molar-refractivity contribution in [1.82, 2.24) is 5.32 Å². The molecule has 1 saturated heterocycles. The van der Waals surface area contributed by atoms with Gasteiger partial charge in [-0.25, -0.2) is 0 Å². The highest BCUT2D eigenvalue weighted by atomic mass is 16.5. The van der Waals surface area contributed by atoms with Crippen LogP contribution in [0.15, 0.2) is 18.2 Å². The minimum absolute atomic E-state index is 0.341. The molecule has 2 rings (SSSR count). The van der Waals surface area contributed by atoms with Gasteiger partial charge in [0.2, 0.25) is 0 Å². The van der Waals surface area contributed by atoms with Crippen LogP contribution in [0, 0.1) is 0 Å². The van der Waals surface area contributed by atoms with E-state index in [4.69, 9.17) is 18.9 Å². The second-order valence-corrected chi connectivity index (χ2v) is 5.26. The van der Waals surface area contributed by atoms with Crippen LogP contribution >= 0.6 is 0 Å². The summed E-state index contributed by atoms with van der Waals surface area (Å²) in [6.45, 7) is 6.27. The number of hydrogen-bond acceptors (Lipinski definition) is 5. The first-order valence-electron chi connectivity index (χ1n) is 8.04. The fraction of sp³-hybridized carbons (Fsp3) is 0.647. The van der Waals surface area contributed by atoms with Crippen molar-refractivity contribution in [3.05, 3.63) is 23.8 Å². The van der Waals surface area contributed by atoms with Crippen LogP contribution in [-0.2, 0) is 16.0 Å². The highest BCUT2D eigenvalue weighted by molar-refractivity contribution is 5.46. The summed E-state index contributed by atoms with van der Waals surface area (Å²) in [5.41, 5.74) is 1.09. The Labute approximate surface area is 132 Å². The average Bonchev–Trinajstić information content (AvgIpc) is 3.05. The highest BCUT2D eigenvalue weighted by Gasteiger charge is 2.15. The molecule has 1 aromatic carbocycles. The Morgan fingerprint density at radius 1 is 1.32 bits per heavy atom. The van der Waals surface area contributed by atoms with Crippen LogP contribution in [-0.4, -0.2) is 46.2 Å². The number of methoxy groups -OCH3 is 1. The number of para-hydroxylation sites is 1. The lowest BCUT2D eigenvalue weighted by molar-refractivity contribution is 0.107. The maximum atomic E-state index is 5.86. The van der Waals surface area contributed by atoms with E-state index in [9.17, 15) is 0 Å². The second kappa shape index (κ2) is 9.66. The largest absolute Gasteiger partial charge is 0.493 e. The first kappa shape index (κ1) is 17.1. The van der Waals surface area contributed by atoms with E-state index in [2.05, 4.69) is 11.4 Å². The number of benzene rings is 1. The van der Waals surface area contributed by atoms with Gasteiger partial charge >= 0.3 is 0 Å². The van der Waals surface area contributed by atoms with Crippen molar-refractivity contribution in [2.45, 2.75) is 32.4 Å². The van der Waals surface area contributed by atoms with E-state index in [1.54, 1.807) is 7.11 Å². The summed E-state index contributed by atoms with van der Waals surface area (Å²) in [5.74, 6) is 1.55. The molecule has 1 unspecified atom stereocenters. The summed E-state index contributed by atoms with van der Waals surface area (Å²) >= 11 is 0. The van der Waals surface area contributed by atoms with Crippen LogP contribution in [0.2, 0.25) is 0 Å². The monoisotopic (exact) mass is 309 g/mol. The Morgan fingerprint density at radius 2 is 2.23 bits per heavy atom. The molecule has 0 amide bonds. The molecule has 1 N–H and O–H groups in total. The van der Waals surface area contributed by atoms with Gasteiger partial charge in [0.05, 0.1) is 19.8 Å². The van der Waals surface area contributed by atoms with Crippen LogP contribution in [0.5, 0.6) is 11.5 Å². The molecule has 0 aromatic heterocycles. The number of nitrogens with one attached hydrogen (secondary N) is 1. The van der Waals surface area contributed by atoms with Gasteiger partial charge in [-0.15, -0.1) is 0 Å². The smallest absolute Gasteiger partial charge is 0.165 e. The quantitative estimate of drug-likeness (QED) is 0.673. The van der Waals surface area contributed by atoms with Gasteiger partial charge in [0.25, 0.3) is 0 Å². The van der Waals surface area contributed by atoms with Crippen LogP contribution in [0.25, 0.3) is 0 Å². The fourth-order valence-corrected chi connectivity index (χ4v) is 2.55. The highest BCUT2D eigenvalue weighted by Crippen LogP contribution is 2.31. The van der Waals surface area contributed by atoms with Gasteiger partial charge in [-0.3, -0.25) is 0 Å². The first-order valence-corrected chi connectivity index (χ1v) is 8.04. The predicted molar refractivity (Wildman–Crippen MR) is 85.7 cm³/mol. The van der Waals surface area contributed by atoms with Crippen LogP contribution in [0.4, 0.5) is 0 Å². The molecule has 1 atom stereocenters. The van der Waals surface area contributed by atoms with Crippen molar-refractivity contribution in [1.29, 1.82) is 0 Å². The molecule has 0 saturated carbocycles. The Morgan fingerprint density at radius 3 is 2.95 bits per heavy atom. The zero-order valence-corrected chi connectivity index (χ0v) is 13.6. The average molecular weight is 309 g/mol. The minimum Gasteiger partial charge on any atom is -0.493 e. The van der Waals surface area contributed by atoms with Gasteiger partial charge in [-0.1, -0.05) is 12.1 Å². The van der Waals surface area contributed by atoms with Crippen LogP contribution < -0.4 is 14.8 Å². The molecule has 1 aliphatic heterocycles. The maximum absolute atomic E-state index is 5.86. The molecular formula is C17H27NO4. The zero-order chi connectivity index (χ0) is 15.6. The molecular weight excluding hydrogens is 282 g/mol. The molecule has 1 heterocycles. The minimum atomic E-state index is 0.341. The van der Waals surface area contributed by atoms with E-state index in [0.29, 0.717) is 25.9 Å². The lowest BCUT2D eigenvalue weighted by atomic mass is 10.1. The molecule has 124 valence electrons. The molecule has 0 aliphatic carbocycles. The number of ether oxygens (including phenoxy) is 4. The SMILES string of the molecule is CCOCCOc1c(CNCC2CCCO2)cccc1OC. The summed E-state index contributed by atoms with van der Waals surface area (Å²) in [6, 6.07) is 5.96. The van der Waals surface area contributed by atoms with Gasteiger partial charge in [0.1, 0.15) is 6.61 Å². The first-order chi connectivity index (χ1) is 10.8. The molecule has 1 fully saturated rings. The molecule has 1 aromatic rings. The molecule has 5 nitrogen and oxygen atoms in total. The lowest BCUT2D eigenvalue weighted by Crippen LogP contribution is -2.26. The van der Waals surface area contributed by atoms with Gasteiger partial charge in [-0.05, 0) is 25.8 Å². The van der Waals surface area contributed by atoms with E-state index < -0.39 is 0 Å². The van der Waals surface area contributed by atoms with Crippen molar-refractivity contribution in [2.24, 2.45) is 0 Å². The standard InChI is InChI=1S/C17H27NO4/c1-3-20-10-11-22-17-14(6-4-8-16(17)19-2)12-18-13-15-7-5-9-21-15/h4,6,8,15,18H,3,5,7,9-13H2,1-2H3. The van der Waals surface area contributed by atoms with E-state index in [0.717, 1.165) is 49.6 Å². The molecule has 0 spiro atoms. The van der Waals surface area contributed by atoms with Gasteiger partial charge in [0.15, 0.2) is 11.5 Å². The van der Waals surface area contributed by atoms with Gasteiger partial charge < -0.3 is 24.3 Å². The van der Waals surface area contributed by atoms with Crippen molar-refractivity contribution >= 4 is 0 Å². The summed E-state index contributed by atoms with van der Waals surface area (Å²) < 4.78 is 22.2. The van der Waals surface area contributed by atoms with Crippen molar-refractivity contribution < 1.29 is 18.9 Å². The Kier molecular flexibility index (Phi) is 7.49. The molecule has 5 heteroatoms. The molecule has 22 heavy (non-hydrogen) atoms. The van der Waals surface area contributed by atoms with Crippen molar-refractivity contribution in [3.63, 3.8) is 0 Å². The summed E-state index contributed by atoms with van der Waals surface area (Å²) in [7, 11) is 1.66. The van der Waals surface area contributed by atoms with E-state index in [-0.39, 0.29) is 0 Å². The van der Waals surface area contributed by atoms with Crippen LogP contribution in [0.1, 0.15) is 25.3 Å². The Bertz CT molecular complexity index is 433. The Balaban J connectivity index is 1.89. The predicted octanol–water partition coefficient (Wildman–Crippen LogP) is 2.38. The maximum Gasteiger partial charge on any atom is 0.165 e. The van der Waals surface area contributed by atoms with E-state index in [1.165, 1.54) is 0 Å². The second-order valence-electron chi connectivity index (χ2n) is 5.26. The summed E-state index contributed by atoms with van der Waals surface area (Å²) in [5, 5.41) is 3.45. The van der Waals surface area contributed by atoms with E-state index >= 15 is 0 Å². The van der Waals surface area contributed by atoms with Crippen molar-refractivity contribution in [3.8, 4) is 11.5 Å². The summed E-state index contributed by atoms with van der Waals surface area (Å²) in [6.07, 6.45) is 2.65. The van der Waals surface area contributed by atoms with Crippen LogP contribution in [0.3, 0.4) is 0 Å². The van der Waals surface area contributed by atoms with Gasteiger partial charge in [-0.2, -0.15) is 0 Å². The molecule has 1 aliphatic rings. The summed E-state index contributed by atoms with van der Waals surface area (Å²) in [4.78, 5) is 0. The third kappa shape index (κ3) is 5.16. The zero-order valence-electron chi connectivity index (χ0n) is 13.6. The fourth-order valence-electron chi connectivity index (χ4n) is 2.55. The molecule has 0 bridgehead atoms. The van der Waals surface area contributed by atoms with Crippen molar-refractivity contribution in [2.75, 3.05) is 40.1 Å². The third-order valence-corrected chi connectivity index (χ3v) is 3.67.